The molecule has 0 radical (unpaired) electrons. The minimum atomic E-state index is -0.795. The van der Waals surface area contributed by atoms with E-state index in [2.05, 4.69) is 9.80 Å². The second-order valence-corrected chi connectivity index (χ2v) is 8.60. The van der Waals surface area contributed by atoms with Gasteiger partial charge in [0.15, 0.2) is 5.75 Å². The molecule has 7 heteroatoms. The molecule has 2 heterocycles. The zero-order valence-corrected chi connectivity index (χ0v) is 17.5. The van der Waals surface area contributed by atoms with Gasteiger partial charge in [-0.1, -0.05) is 6.07 Å². The van der Waals surface area contributed by atoms with Gasteiger partial charge >= 0.3 is 5.97 Å². The van der Waals surface area contributed by atoms with Crippen molar-refractivity contribution in [3.05, 3.63) is 53.3 Å². The SMILES string of the molecule is Cc1ccc2c(c1)Oc1ccc(F)cc1N=C2N1CCN(CC(C)(C)C(=O)O)CC1. The fourth-order valence-electron chi connectivity index (χ4n) is 3.84. The molecule has 2 aromatic rings. The zero-order valence-electron chi connectivity index (χ0n) is 17.5. The van der Waals surface area contributed by atoms with Gasteiger partial charge in [-0.2, -0.15) is 0 Å². The summed E-state index contributed by atoms with van der Waals surface area (Å²) < 4.78 is 20.0. The first-order valence-electron chi connectivity index (χ1n) is 10.1. The van der Waals surface area contributed by atoms with E-state index in [1.807, 2.05) is 25.1 Å². The maximum absolute atomic E-state index is 13.9. The molecule has 1 fully saturated rings. The third-order valence-corrected chi connectivity index (χ3v) is 5.61. The number of fused-ring (bicyclic) bond motifs is 2. The second-order valence-electron chi connectivity index (χ2n) is 8.60. The molecule has 158 valence electrons. The Labute approximate surface area is 175 Å². The van der Waals surface area contributed by atoms with Crippen LogP contribution in [0.2, 0.25) is 0 Å². The quantitative estimate of drug-likeness (QED) is 0.826. The van der Waals surface area contributed by atoms with Crippen LogP contribution in [0.25, 0.3) is 0 Å². The van der Waals surface area contributed by atoms with Crippen LogP contribution >= 0.6 is 0 Å². The number of benzene rings is 2. The van der Waals surface area contributed by atoms with Crippen LogP contribution in [0.15, 0.2) is 41.4 Å². The molecule has 1 saturated heterocycles. The van der Waals surface area contributed by atoms with Crippen molar-refractivity contribution >= 4 is 17.5 Å². The van der Waals surface area contributed by atoms with Crippen LogP contribution in [0.3, 0.4) is 0 Å². The molecule has 2 aliphatic rings. The average molecular weight is 411 g/mol. The summed E-state index contributed by atoms with van der Waals surface area (Å²) in [7, 11) is 0. The van der Waals surface area contributed by atoms with Crippen LogP contribution in [-0.4, -0.2) is 59.4 Å². The van der Waals surface area contributed by atoms with E-state index in [0.717, 1.165) is 30.1 Å². The van der Waals surface area contributed by atoms with E-state index < -0.39 is 11.4 Å². The lowest BCUT2D eigenvalue weighted by Crippen LogP contribution is -2.52. The van der Waals surface area contributed by atoms with Crippen molar-refractivity contribution in [3.63, 3.8) is 0 Å². The summed E-state index contributed by atoms with van der Waals surface area (Å²) in [5.74, 6) is 0.835. The number of ether oxygens (including phenoxy) is 1. The number of hydrogen-bond acceptors (Lipinski definition) is 5. The number of carboxylic acid groups (broad SMARTS) is 1. The van der Waals surface area contributed by atoms with E-state index in [-0.39, 0.29) is 5.82 Å². The van der Waals surface area contributed by atoms with Crippen molar-refractivity contribution in [2.75, 3.05) is 32.7 Å². The number of aliphatic imine (C=N–C) groups is 1. The molecule has 1 N–H and O–H groups in total. The van der Waals surface area contributed by atoms with E-state index in [9.17, 15) is 14.3 Å². The lowest BCUT2D eigenvalue weighted by atomic mass is 9.93. The summed E-state index contributed by atoms with van der Waals surface area (Å²) in [6, 6.07) is 10.3. The van der Waals surface area contributed by atoms with Crippen LogP contribution in [0.4, 0.5) is 10.1 Å². The van der Waals surface area contributed by atoms with Crippen molar-refractivity contribution in [1.29, 1.82) is 0 Å². The maximum Gasteiger partial charge on any atom is 0.310 e. The van der Waals surface area contributed by atoms with Crippen LogP contribution in [0, 0.1) is 18.2 Å². The topological polar surface area (TPSA) is 65.4 Å². The van der Waals surface area contributed by atoms with Crippen molar-refractivity contribution in [3.8, 4) is 11.5 Å². The third kappa shape index (κ3) is 4.03. The molecule has 0 amide bonds. The minimum absolute atomic E-state index is 0.358. The van der Waals surface area contributed by atoms with Gasteiger partial charge in [0.25, 0.3) is 0 Å². The van der Waals surface area contributed by atoms with Gasteiger partial charge in [0.05, 0.1) is 11.0 Å². The summed E-state index contributed by atoms with van der Waals surface area (Å²) in [6.45, 7) is 8.85. The van der Waals surface area contributed by atoms with E-state index in [0.29, 0.717) is 36.8 Å². The van der Waals surface area contributed by atoms with Crippen molar-refractivity contribution in [1.82, 2.24) is 9.80 Å². The first kappa shape index (κ1) is 20.3. The van der Waals surface area contributed by atoms with Gasteiger partial charge in [0, 0.05) is 38.8 Å². The van der Waals surface area contributed by atoms with Crippen LogP contribution in [-0.2, 0) is 4.79 Å². The summed E-state index contributed by atoms with van der Waals surface area (Å²) in [4.78, 5) is 20.6. The predicted octanol–water partition coefficient (Wildman–Crippen LogP) is 4.05. The van der Waals surface area contributed by atoms with Gasteiger partial charge in [0.1, 0.15) is 23.1 Å². The number of amidine groups is 1. The Morgan fingerprint density at radius 1 is 1.13 bits per heavy atom. The Hall–Kier alpha value is -2.93. The third-order valence-electron chi connectivity index (χ3n) is 5.61. The smallest absolute Gasteiger partial charge is 0.310 e. The fraction of sp³-hybridized carbons (Fsp3) is 0.391. The number of hydrogen-bond donors (Lipinski definition) is 1. The Balaban J connectivity index is 1.62. The van der Waals surface area contributed by atoms with Gasteiger partial charge in [-0.05, 0) is 50.6 Å². The lowest BCUT2D eigenvalue weighted by Gasteiger charge is -2.39. The number of aryl methyl sites for hydroxylation is 1. The molecular weight excluding hydrogens is 385 g/mol. The van der Waals surface area contributed by atoms with E-state index in [1.165, 1.54) is 12.1 Å². The standard InChI is InChI=1S/C23H26FN3O3/c1-15-4-6-17-20(12-15)30-19-7-5-16(24)13-18(19)25-21(17)27-10-8-26(9-11-27)14-23(2,3)22(28)29/h4-7,12-13H,8-11,14H2,1-3H3,(H,28,29). The van der Waals surface area contributed by atoms with Gasteiger partial charge in [-0.25, -0.2) is 9.38 Å². The Morgan fingerprint density at radius 3 is 2.57 bits per heavy atom. The zero-order chi connectivity index (χ0) is 21.5. The summed E-state index contributed by atoms with van der Waals surface area (Å²) >= 11 is 0. The number of rotatable bonds is 3. The molecule has 2 aliphatic heterocycles. The highest BCUT2D eigenvalue weighted by Crippen LogP contribution is 2.39. The maximum atomic E-state index is 13.9. The van der Waals surface area contributed by atoms with E-state index in [4.69, 9.17) is 9.73 Å². The van der Waals surface area contributed by atoms with Crippen LogP contribution < -0.4 is 4.74 Å². The number of nitrogens with zero attached hydrogens (tertiary/aromatic N) is 3. The number of halogens is 1. The highest BCUT2D eigenvalue weighted by Gasteiger charge is 2.32. The highest BCUT2D eigenvalue weighted by molar-refractivity contribution is 6.03. The van der Waals surface area contributed by atoms with Crippen LogP contribution in [0.5, 0.6) is 11.5 Å². The van der Waals surface area contributed by atoms with Crippen molar-refractivity contribution in [2.24, 2.45) is 10.4 Å². The number of carbonyl (C=O) groups is 1. The fourth-order valence-corrected chi connectivity index (χ4v) is 3.84. The summed E-state index contributed by atoms with van der Waals surface area (Å²) in [5.41, 5.74) is 1.61. The van der Waals surface area contributed by atoms with Crippen LogP contribution in [0.1, 0.15) is 25.0 Å². The lowest BCUT2D eigenvalue weighted by molar-refractivity contribution is -0.148. The molecular formula is C23H26FN3O3. The van der Waals surface area contributed by atoms with E-state index >= 15 is 0 Å². The molecule has 0 spiro atoms. The second kappa shape index (κ2) is 7.72. The Bertz CT molecular complexity index is 1010. The number of aliphatic carboxylic acids is 1. The predicted molar refractivity (Wildman–Crippen MR) is 113 cm³/mol. The van der Waals surface area contributed by atoms with Crippen molar-refractivity contribution in [2.45, 2.75) is 20.8 Å². The molecule has 4 rings (SSSR count). The first-order chi connectivity index (χ1) is 14.2. The monoisotopic (exact) mass is 411 g/mol. The summed E-state index contributed by atoms with van der Waals surface area (Å²) in [5, 5.41) is 9.41. The molecule has 0 saturated carbocycles. The van der Waals surface area contributed by atoms with Crippen molar-refractivity contribution < 1.29 is 19.0 Å². The minimum Gasteiger partial charge on any atom is -0.481 e. The first-order valence-corrected chi connectivity index (χ1v) is 10.1. The molecule has 0 aromatic heterocycles. The average Bonchev–Trinajstić information content (AvgIpc) is 2.84. The molecule has 2 aromatic carbocycles. The molecule has 6 nitrogen and oxygen atoms in total. The number of carboxylic acids is 1. The summed E-state index contributed by atoms with van der Waals surface area (Å²) in [6.07, 6.45) is 0. The Kier molecular flexibility index (Phi) is 5.24. The molecule has 0 aliphatic carbocycles. The number of piperazine rings is 1. The van der Waals surface area contributed by atoms with Gasteiger partial charge in [-0.15, -0.1) is 0 Å². The van der Waals surface area contributed by atoms with Gasteiger partial charge in [0.2, 0.25) is 0 Å². The molecule has 0 unspecified atom stereocenters. The highest BCUT2D eigenvalue weighted by atomic mass is 19.1. The van der Waals surface area contributed by atoms with Gasteiger partial charge < -0.3 is 14.7 Å². The van der Waals surface area contributed by atoms with Gasteiger partial charge in [-0.3, -0.25) is 9.69 Å². The largest absolute Gasteiger partial charge is 0.481 e. The normalized spacial score (nSPS) is 16.8. The molecule has 30 heavy (non-hydrogen) atoms. The Morgan fingerprint density at radius 2 is 1.87 bits per heavy atom. The molecule has 0 atom stereocenters. The molecule has 0 bridgehead atoms. The van der Waals surface area contributed by atoms with E-state index in [1.54, 1.807) is 19.9 Å².